The second-order valence-electron chi connectivity index (χ2n) is 4.76. The smallest absolute Gasteiger partial charge is 0.326 e. The van der Waals surface area contributed by atoms with Gasteiger partial charge in [-0.2, -0.15) is 0 Å². The molecule has 0 radical (unpaired) electrons. The summed E-state index contributed by atoms with van der Waals surface area (Å²) in [5.41, 5.74) is 1.53. The molecule has 0 aromatic heterocycles. The van der Waals surface area contributed by atoms with Gasteiger partial charge in [-0.15, -0.1) is 0 Å². The number of nitrogens with one attached hydrogen (secondary N) is 1. The molecule has 3 N–H and O–H groups in total. The number of hydrogen-bond acceptors (Lipinski definition) is 3. The monoisotopic (exact) mass is 342 g/mol. The molecule has 1 aromatic carbocycles. The fourth-order valence-corrected chi connectivity index (χ4v) is 2.57. The van der Waals surface area contributed by atoms with Crippen molar-refractivity contribution >= 4 is 33.6 Å². The van der Waals surface area contributed by atoms with E-state index in [4.69, 9.17) is 5.11 Å². The number of rotatable bonds is 2. The average molecular weight is 343 g/mol. The lowest BCUT2D eigenvalue weighted by Crippen LogP contribution is -2.43. The van der Waals surface area contributed by atoms with Crippen LogP contribution in [0.1, 0.15) is 12.0 Å². The van der Waals surface area contributed by atoms with E-state index in [1.54, 1.807) is 12.1 Å². The Balaban J connectivity index is 2.15. The number of hydrogen-bond donors (Lipinski definition) is 3. The minimum Gasteiger partial charge on any atom is -0.480 e. The van der Waals surface area contributed by atoms with Crippen LogP contribution in [0.2, 0.25) is 0 Å². The van der Waals surface area contributed by atoms with E-state index in [-0.39, 0.29) is 13.0 Å². The lowest BCUT2D eigenvalue weighted by atomic mass is 10.2. The normalized spacial score (nSPS) is 21.9. The first-order valence-corrected chi connectivity index (χ1v) is 6.93. The Bertz CT molecular complexity index is 549. The molecular formula is C13H15BrN2O4. The van der Waals surface area contributed by atoms with Gasteiger partial charge in [-0.3, -0.25) is 0 Å². The summed E-state index contributed by atoms with van der Waals surface area (Å²) >= 11 is 3.37. The molecule has 2 amide bonds. The first-order valence-electron chi connectivity index (χ1n) is 6.13. The summed E-state index contributed by atoms with van der Waals surface area (Å²) in [6.07, 6.45) is -0.750. The first-order chi connectivity index (χ1) is 9.40. The third-order valence-corrected chi connectivity index (χ3v) is 4.31. The van der Waals surface area contributed by atoms with E-state index in [1.165, 1.54) is 0 Å². The molecule has 20 heavy (non-hydrogen) atoms. The molecule has 1 aromatic rings. The highest BCUT2D eigenvalue weighted by atomic mass is 79.9. The molecule has 1 aliphatic heterocycles. The predicted octanol–water partition coefficient (Wildman–Crippen LogP) is 1.81. The first kappa shape index (κ1) is 14.8. The van der Waals surface area contributed by atoms with Crippen LogP contribution >= 0.6 is 15.9 Å². The number of nitrogens with zero attached hydrogens (tertiary/aromatic N) is 1. The van der Waals surface area contributed by atoms with Crippen LogP contribution < -0.4 is 5.32 Å². The standard InChI is InChI=1S/C13H15BrN2O4/c1-7-3-2-4-9(11(7)14)15-13(20)16-6-8(17)5-10(16)12(18)19/h2-4,8,10,17H,5-6H2,1H3,(H,15,20)(H,18,19)/t8-,10-/m0/s1. The number of urea groups is 1. The lowest BCUT2D eigenvalue weighted by Gasteiger charge is -2.22. The van der Waals surface area contributed by atoms with Crippen LogP contribution in [0.3, 0.4) is 0 Å². The molecule has 7 heteroatoms. The van der Waals surface area contributed by atoms with Gasteiger partial charge in [0.25, 0.3) is 0 Å². The van der Waals surface area contributed by atoms with Gasteiger partial charge in [-0.1, -0.05) is 12.1 Å². The van der Waals surface area contributed by atoms with Gasteiger partial charge in [0.15, 0.2) is 0 Å². The van der Waals surface area contributed by atoms with Gasteiger partial charge in [-0.25, -0.2) is 9.59 Å². The average Bonchev–Trinajstić information content (AvgIpc) is 2.77. The number of carbonyl (C=O) groups excluding carboxylic acids is 1. The second-order valence-corrected chi connectivity index (χ2v) is 5.56. The summed E-state index contributed by atoms with van der Waals surface area (Å²) in [7, 11) is 0. The third kappa shape index (κ3) is 2.94. The number of likely N-dealkylation sites (tertiary alicyclic amines) is 1. The number of β-amino-alcohol motifs (C(OH)–C–C–N with tert-alkyl or cyclic N) is 1. The van der Waals surface area contributed by atoms with Crippen LogP contribution in [0, 0.1) is 6.92 Å². The number of carboxylic acids is 1. The van der Waals surface area contributed by atoms with Crippen molar-refractivity contribution < 1.29 is 19.8 Å². The maximum Gasteiger partial charge on any atom is 0.326 e. The molecule has 1 fully saturated rings. The van der Waals surface area contributed by atoms with Crippen LogP contribution in [0.5, 0.6) is 0 Å². The summed E-state index contributed by atoms with van der Waals surface area (Å²) in [6.45, 7) is 1.91. The molecule has 6 nitrogen and oxygen atoms in total. The van der Waals surface area contributed by atoms with E-state index in [2.05, 4.69) is 21.2 Å². The Kier molecular flexibility index (Phi) is 4.29. The van der Waals surface area contributed by atoms with Crippen molar-refractivity contribution in [2.75, 3.05) is 11.9 Å². The number of benzene rings is 1. The van der Waals surface area contributed by atoms with Gasteiger partial charge >= 0.3 is 12.0 Å². The van der Waals surface area contributed by atoms with E-state index in [9.17, 15) is 14.7 Å². The molecule has 0 spiro atoms. The van der Waals surface area contributed by atoms with Crippen LogP contribution in [0.25, 0.3) is 0 Å². The highest BCUT2D eigenvalue weighted by Gasteiger charge is 2.39. The number of carbonyl (C=O) groups is 2. The number of aryl methyl sites for hydroxylation is 1. The Labute approximate surface area is 124 Å². The number of anilines is 1. The van der Waals surface area contributed by atoms with Gasteiger partial charge in [0.1, 0.15) is 6.04 Å². The summed E-state index contributed by atoms with van der Waals surface area (Å²) in [4.78, 5) is 24.4. The largest absolute Gasteiger partial charge is 0.480 e. The fraction of sp³-hybridized carbons (Fsp3) is 0.385. The molecule has 0 bridgehead atoms. The molecule has 0 aliphatic carbocycles. The maximum absolute atomic E-state index is 12.2. The van der Waals surface area contributed by atoms with E-state index in [0.29, 0.717) is 5.69 Å². The third-order valence-electron chi connectivity index (χ3n) is 3.26. The van der Waals surface area contributed by atoms with Crippen LogP contribution in [-0.2, 0) is 4.79 Å². The van der Waals surface area contributed by atoms with Crippen molar-refractivity contribution in [2.45, 2.75) is 25.5 Å². The number of carboxylic acid groups (broad SMARTS) is 1. The van der Waals surface area contributed by atoms with E-state index >= 15 is 0 Å². The highest BCUT2D eigenvalue weighted by Crippen LogP contribution is 2.27. The molecule has 0 unspecified atom stereocenters. The van der Waals surface area contributed by atoms with Crippen molar-refractivity contribution in [2.24, 2.45) is 0 Å². The molecule has 2 rings (SSSR count). The Hall–Kier alpha value is -1.60. The minimum atomic E-state index is -1.11. The fourth-order valence-electron chi connectivity index (χ4n) is 2.20. The topological polar surface area (TPSA) is 89.9 Å². The van der Waals surface area contributed by atoms with Crippen molar-refractivity contribution in [3.63, 3.8) is 0 Å². The number of halogens is 1. The van der Waals surface area contributed by atoms with Gasteiger partial charge in [0.2, 0.25) is 0 Å². The number of aliphatic carboxylic acids is 1. The minimum absolute atomic E-state index is 0.0201. The zero-order valence-corrected chi connectivity index (χ0v) is 12.4. The molecular weight excluding hydrogens is 328 g/mol. The maximum atomic E-state index is 12.2. The summed E-state index contributed by atoms with van der Waals surface area (Å²) in [5, 5.41) is 21.3. The van der Waals surface area contributed by atoms with Gasteiger partial charge < -0.3 is 20.4 Å². The summed E-state index contributed by atoms with van der Waals surface area (Å²) in [5.74, 6) is -1.11. The van der Waals surface area contributed by atoms with Crippen molar-refractivity contribution in [1.82, 2.24) is 4.90 Å². The quantitative estimate of drug-likeness (QED) is 0.764. The van der Waals surface area contributed by atoms with Crippen molar-refractivity contribution in [1.29, 1.82) is 0 Å². The molecule has 1 aliphatic rings. The van der Waals surface area contributed by atoms with Gasteiger partial charge in [0, 0.05) is 17.4 Å². The molecule has 1 heterocycles. The molecule has 0 saturated carbocycles. The Morgan fingerprint density at radius 2 is 2.15 bits per heavy atom. The van der Waals surface area contributed by atoms with Gasteiger partial charge in [-0.05, 0) is 34.5 Å². The molecule has 1 saturated heterocycles. The van der Waals surface area contributed by atoms with Crippen LogP contribution in [0.4, 0.5) is 10.5 Å². The van der Waals surface area contributed by atoms with Crippen molar-refractivity contribution in [3.8, 4) is 0 Å². The Morgan fingerprint density at radius 1 is 1.45 bits per heavy atom. The van der Waals surface area contributed by atoms with E-state index < -0.39 is 24.1 Å². The molecule has 2 atom stereocenters. The number of amides is 2. The lowest BCUT2D eigenvalue weighted by molar-refractivity contribution is -0.141. The zero-order valence-electron chi connectivity index (χ0n) is 10.8. The predicted molar refractivity (Wildman–Crippen MR) is 76.7 cm³/mol. The molecule has 108 valence electrons. The Morgan fingerprint density at radius 3 is 2.80 bits per heavy atom. The summed E-state index contributed by atoms with van der Waals surface area (Å²) < 4.78 is 0.750. The highest BCUT2D eigenvalue weighted by molar-refractivity contribution is 9.10. The summed E-state index contributed by atoms with van der Waals surface area (Å²) in [6, 6.07) is 3.88. The van der Waals surface area contributed by atoms with E-state index in [1.807, 2.05) is 13.0 Å². The number of aliphatic hydroxyl groups excluding tert-OH is 1. The van der Waals surface area contributed by atoms with Crippen LogP contribution in [0.15, 0.2) is 22.7 Å². The second kappa shape index (κ2) is 5.80. The zero-order chi connectivity index (χ0) is 14.9. The SMILES string of the molecule is Cc1cccc(NC(=O)N2C[C@@H](O)C[C@H]2C(=O)O)c1Br. The van der Waals surface area contributed by atoms with Crippen LogP contribution in [-0.4, -0.2) is 45.8 Å². The van der Waals surface area contributed by atoms with Gasteiger partial charge in [0.05, 0.1) is 11.8 Å². The van der Waals surface area contributed by atoms with E-state index in [0.717, 1.165) is 14.9 Å². The van der Waals surface area contributed by atoms with Crippen molar-refractivity contribution in [3.05, 3.63) is 28.2 Å². The number of aliphatic hydroxyl groups is 1.